The molecule has 0 aromatic heterocycles. The van der Waals surface area contributed by atoms with Gasteiger partial charge in [0.05, 0.1) is 0 Å². The van der Waals surface area contributed by atoms with E-state index in [9.17, 15) is 79.4 Å². The van der Waals surface area contributed by atoms with Crippen molar-refractivity contribution in [2.24, 2.45) is 0 Å². The Morgan fingerprint density at radius 2 is 1.06 bits per heavy atom. The molecule has 0 aromatic rings. The third kappa shape index (κ3) is 5.90. The highest BCUT2D eigenvalue weighted by Crippen LogP contribution is 2.56. The van der Waals surface area contributed by atoms with Crippen LogP contribution in [-0.4, -0.2) is 61.0 Å². The zero-order valence-electron chi connectivity index (χ0n) is 14.5. The van der Waals surface area contributed by atoms with Crippen molar-refractivity contribution in [2.75, 3.05) is 6.61 Å². The van der Waals surface area contributed by atoms with E-state index < -0.39 is 61.0 Å². The van der Waals surface area contributed by atoms with Crippen molar-refractivity contribution in [2.45, 2.75) is 48.4 Å². The molecule has 0 radical (unpaired) electrons. The Balaban J connectivity index is 6.57. The molecule has 196 valence electrons. The number of carbonyl (C=O) groups is 1. The van der Waals surface area contributed by atoms with Crippen LogP contribution in [0.15, 0.2) is 12.7 Å². The summed E-state index contributed by atoms with van der Waals surface area (Å²) in [7, 11) is 0. The fourth-order valence-electron chi connectivity index (χ4n) is 1.35. The maximum Gasteiger partial charge on any atom is 0.462 e. The average molecular weight is 536 g/mol. The predicted octanol–water partition coefficient (Wildman–Crippen LogP) is 5.59. The minimum Gasteiger partial charge on any atom is -0.456 e. The van der Waals surface area contributed by atoms with Crippen molar-refractivity contribution in [1.82, 2.24) is 0 Å². The van der Waals surface area contributed by atoms with E-state index in [1.165, 1.54) is 4.74 Å². The second-order valence-electron chi connectivity index (χ2n) is 5.44. The number of rotatable bonds is 9. The van der Waals surface area contributed by atoms with Crippen LogP contribution in [0, 0.1) is 0 Å². The van der Waals surface area contributed by atoms with Crippen molar-refractivity contribution >= 4 is 5.97 Å². The summed E-state index contributed by atoms with van der Waals surface area (Å²) in [6.45, 7) is -0.684. The molecule has 0 fully saturated rings. The number of ether oxygens (including phenoxy) is 3. The molecule has 2 atom stereocenters. The van der Waals surface area contributed by atoms with Gasteiger partial charge in [0.25, 0.3) is 0 Å². The quantitative estimate of drug-likeness (QED) is 0.219. The molecule has 33 heavy (non-hydrogen) atoms. The first-order chi connectivity index (χ1) is 14.1. The van der Waals surface area contributed by atoms with Gasteiger partial charge < -0.3 is 4.74 Å². The number of alkyl halides is 17. The standard InChI is InChI=1S/C12H5F17O4/c1-2-4(30)31-3-5(13,8(17,18)19)32-12(28,29)7(16,10(23,24)25)33-11(26,27)6(14,15)9(20,21)22/h2H,1,3H2/t5-,7-/m1/s1. The van der Waals surface area contributed by atoms with E-state index in [1.54, 1.807) is 0 Å². The van der Waals surface area contributed by atoms with Crippen LogP contribution in [0.4, 0.5) is 74.6 Å². The highest BCUT2D eigenvalue weighted by atomic mass is 19.4. The number of hydrogen-bond donors (Lipinski definition) is 0. The van der Waals surface area contributed by atoms with E-state index in [0.717, 1.165) is 0 Å². The normalized spacial score (nSPS) is 18.3. The molecule has 0 aliphatic carbocycles. The lowest BCUT2D eigenvalue weighted by Gasteiger charge is -2.40. The highest BCUT2D eigenvalue weighted by Gasteiger charge is 2.85. The monoisotopic (exact) mass is 536 g/mol. The molecule has 0 bridgehead atoms. The van der Waals surface area contributed by atoms with E-state index in [2.05, 4.69) is 11.3 Å². The van der Waals surface area contributed by atoms with Crippen LogP contribution in [0.5, 0.6) is 0 Å². The smallest absolute Gasteiger partial charge is 0.456 e. The molecule has 21 heteroatoms. The molecule has 0 saturated heterocycles. The molecule has 0 heterocycles. The average Bonchev–Trinajstić information content (AvgIpc) is 2.55. The van der Waals surface area contributed by atoms with Crippen LogP contribution in [0.2, 0.25) is 0 Å². The molecule has 4 nitrogen and oxygen atoms in total. The Kier molecular flexibility index (Phi) is 8.08. The molecule has 0 saturated carbocycles. The molecule has 0 amide bonds. The minimum atomic E-state index is -7.98. The summed E-state index contributed by atoms with van der Waals surface area (Å²) in [4.78, 5) is 10.6. The van der Waals surface area contributed by atoms with Crippen molar-refractivity contribution in [3.8, 4) is 0 Å². The van der Waals surface area contributed by atoms with Crippen molar-refractivity contribution < 1.29 is 93.6 Å². The van der Waals surface area contributed by atoms with E-state index in [-0.39, 0.29) is 6.08 Å². The summed E-state index contributed by atoms with van der Waals surface area (Å²) in [5.41, 5.74) is 0. The number of halogens is 17. The SMILES string of the molecule is C=CC(=O)OC[C@@](F)(OC(F)(F)[C@](F)(OC(F)(F)C(F)(F)C(F)(F)F)C(F)(F)F)C(F)(F)F. The van der Waals surface area contributed by atoms with Gasteiger partial charge in [-0.25, -0.2) is 4.79 Å². The van der Waals surface area contributed by atoms with Crippen molar-refractivity contribution in [3.05, 3.63) is 12.7 Å². The van der Waals surface area contributed by atoms with Gasteiger partial charge in [-0.3, -0.25) is 9.47 Å². The molecular formula is C12H5F17O4. The van der Waals surface area contributed by atoms with Crippen molar-refractivity contribution in [3.63, 3.8) is 0 Å². The van der Waals surface area contributed by atoms with Crippen LogP contribution >= 0.6 is 0 Å². The van der Waals surface area contributed by atoms with Gasteiger partial charge in [0.2, 0.25) is 0 Å². The molecule has 0 aromatic carbocycles. The van der Waals surface area contributed by atoms with Crippen LogP contribution < -0.4 is 0 Å². The minimum absolute atomic E-state index is 0.0764. The number of hydrogen-bond acceptors (Lipinski definition) is 4. The molecular weight excluding hydrogens is 531 g/mol. The Morgan fingerprint density at radius 1 is 0.636 bits per heavy atom. The van der Waals surface area contributed by atoms with Crippen LogP contribution in [0.3, 0.4) is 0 Å². The first kappa shape index (κ1) is 30.9. The largest absolute Gasteiger partial charge is 0.462 e. The van der Waals surface area contributed by atoms with E-state index >= 15 is 0 Å². The zero-order valence-corrected chi connectivity index (χ0v) is 14.5. The summed E-state index contributed by atoms with van der Waals surface area (Å²) in [5, 5.41) is 0. The van der Waals surface area contributed by atoms with E-state index in [0.29, 0.717) is 0 Å². The fraction of sp³-hybridized carbons (Fsp3) is 0.750. The Bertz CT molecular complexity index is 723. The van der Waals surface area contributed by atoms with Gasteiger partial charge in [0.15, 0.2) is 6.61 Å². The van der Waals surface area contributed by atoms with Crippen molar-refractivity contribution in [1.29, 1.82) is 0 Å². The third-order valence-electron chi connectivity index (χ3n) is 3.01. The van der Waals surface area contributed by atoms with Crippen LogP contribution in [-0.2, 0) is 19.0 Å². The summed E-state index contributed by atoms with van der Waals surface area (Å²) < 4.78 is 224. The lowest BCUT2D eigenvalue weighted by Crippen LogP contribution is -2.67. The number of esters is 1. The lowest BCUT2D eigenvalue weighted by atomic mass is 10.2. The van der Waals surface area contributed by atoms with Crippen LogP contribution in [0.25, 0.3) is 0 Å². The summed E-state index contributed by atoms with van der Waals surface area (Å²) in [6.07, 6.45) is -38.2. The molecule has 0 N–H and O–H groups in total. The van der Waals surface area contributed by atoms with Crippen LogP contribution in [0.1, 0.15) is 0 Å². The van der Waals surface area contributed by atoms with E-state index in [1.807, 2.05) is 4.74 Å². The summed E-state index contributed by atoms with van der Waals surface area (Å²) in [6, 6.07) is 0. The topological polar surface area (TPSA) is 44.8 Å². The predicted molar refractivity (Wildman–Crippen MR) is 64.0 cm³/mol. The molecule has 0 rings (SSSR count). The zero-order chi connectivity index (χ0) is 27.1. The molecule has 0 spiro atoms. The second kappa shape index (κ2) is 8.62. The van der Waals surface area contributed by atoms with Gasteiger partial charge in [-0.15, -0.1) is 0 Å². The Morgan fingerprint density at radius 3 is 1.36 bits per heavy atom. The number of carbonyl (C=O) groups excluding carboxylic acids is 1. The summed E-state index contributed by atoms with van der Waals surface area (Å²) >= 11 is 0. The maximum atomic E-state index is 13.8. The highest BCUT2D eigenvalue weighted by molar-refractivity contribution is 5.81. The van der Waals surface area contributed by atoms with Gasteiger partial charge >= 0.3 is 54.3 Å². The first-order valence-electron chi connectivity index (χ1n) is 7.03. The van der Waals surface area contributed by atoms with Gasteiger partial charge in [0.1, 0.15) is 0 Å². The second-order valence-corrected chi connectivity index (χ2v) is 5.44. The Hall–Kier alpha value is -2.06. The lowest BCUT2D eigenvalue weighted by molar-refractivity contribution is -0.552. The molecule has 0 aliphatic heterocycles. The van der Waals surface area contributed by atoms with Gasteiger partial charge in [-0.1, -0.05) is 6.58 Å². The van der Waals surface area contributed by atoms with Gasteiger partial charge in [-0.05, 0) is 0 Å². The Labute approximate surface area is 168 Å². The third-order valence-corrected chi connectivity index (χ3v) is 3.01. The summed E-state index contributed by atoms with van der Waals surface area (Å²) in [5.74, 6) is -24.3. The van der Waals surface area contributed by atoms with Gasteiger partial charge in [0, 0.05) is 6.08 Å². The molecule has 0 unspecified atom stereocenters. The maximum absolute atomic E-state index is 13.8. The molecule has 0 aliphatic rings. The van der Waals surface area contributed by atoms with Gasteiger partial charge in [-0.2, -0.15) is 74.6 Å². The van der Waals surface area contributed by atoms with E-state index in [4.69, 9.17) is 0 Å². The first-order valence-corrected chi connectivity index (χ1v) is 7.03. The fourth-order valence-corrected chi connectivity index (χ4v) is 1.35.